The standard InChI is InChI=1S/C24H27N3O3/c1-3-15-26(18-11-5-6-12-18)21(28)16-27-22(29)24(2,25-23(27)30)20-14-8-10-17-9-4-7-13-19(17)20/h4,7-11,13-14H,3,5-6,12,15-16H2,1-2H3,(H,25,30)/t24-/m1/s1. The second-order valence-electron chi connectivity index (χ2n) is 8.11. The van der Waals surface area contributed by atoms with Crippen LogP contribution in [-0.2, 0) is 15.1 Å². The first-order valence-corrected chi connectivity index (χ1v) is 10.6. The second-order valence-corrected chi connectivity index (χ2v) is 8.11. The molecule has 1 heterocycles. The van der Waals surface area contributed by atoms with Crippen molar-refractivity contribution in [2.45, 2.75) is 45.1 Å². The molecule has 6 nitrogen and oxygen atoms in total. The highest BCUT2D eigenvalue weighted by atomic mass is 16.2. The van der Waals surface area contributed by atoms with Crippen molar-refractivity contribution < 1.29 is 14.4 Å². The molecule has 2 aromatic rings. The fraction of sp³-hybridized carbons (Fsp3) is 0.375. The van der Waals surface area contributed by atoms with Gasteiger partial charge in [-0.2, -0.15) is 0 Å². The van der Waals surface area contributed by atoms with E-state index in [9.17, 15) is 14.4 Å². The van der Waals surface area contributed by atoms with Crippen LogP contribution in [0.15, 0.2) is 54.2 Å². The smallest absolute Gasteiger partial charge is 0.319 e. The SMILES string of the molecule is CCCN(C(=O)CN1C(=O)N[C@](C)(c2cccc3ccccc23)C1=O)C1=CCCC1. The highest BCUT2D eigenvalue weighted by molar-refractivity contribution is 6.10. The maximum Gasteiger partial charge on any atom is 0.325 e. The van der Waals surface area contributed by atoms with Gasteiger partial charge in [-0.3, -0.25) is 14.5 Å². The largest absolute Gasteiger partial charge is 0.325 e. The summed E-state index contributed by atoms with van der Waals surface area (Å²) in [6, 6.07) is 13.0. The van der Waals surface area contributed by atoms with Gasteiger partial charge < -0.3 is 10.2 Å². The summed E-state index contributed by atoms with van der Waals surface area (Å²) < 4.78 is 0. The van der Waals surface area contributed by atoms with E-state index in [4.69, 9.17) is 0 Å². The van der Waals surface area contributed by atoms with E-state index in [1.807, 2.05) is 49.4 Å². The molecule has 1 atom stereocenters. The third-order valence-corrected chi connectivity index (χ3v) is 6.01. The summed E-state index contributed by atoms with van der Waals surface area (Å²) in [7, 11) is 0. The summed E-state index contributed by atoms with van der Waals surface area (Å²) >= 11 is 0. The van der Waals surface area contributed by atoms with Crippen molar-refractivity contribution in [2.75, 3.05) is 13.1 Å². The average molecular weight is 405 g/mol. The van der Waals surface area contributed by atoms with E-state index in [1.54, 1.807) is 11.8 Å². The number of amides is 4. The first kappa shape index (κ1) is 20.1. The maximum absolute atomic E-state index is 13.4. The Morgan fingerprint density at radius 1 is 1.17 bits per heavy atom. The van der Waals surface area contributed by atoms with Crippen LogP contribution in [0.1, 0.15) is 45.1 Å². The molecule has 4 rings (SSSR count). The van der Waals surface area contributed by atoms with Crippen molar-refractivity contribution in [1.29, 1.82) is 0 Å². The van der Waals surface area contributed by atoms with Crippen LogP contribution in [-0.4, -0.2) is 40.7 Å². The van der Waals surface area contributed by atoms with Crippen LogP contribution in [0, 0.1) is 0 Å². The molecule has 6 heteroatoms. The molecule has 1 N–H and O–H groups in total. The number of carbonyl (C=O) groups excluding carboxylic acids is 3. The lowest BCUT2D eigenvalue weighted by molar-refractivity contribution is -0.138. The lowest BCUT2D eigenvalue weighted by Crippen LogP contribution is -2.44. The van der Waals surface area contributed by atoms with Crippen LogP contribution < -0.4 is 5.32 Å². The minimum atomic E-state index is -1.21. The van der Waals surface area contributed by atoms with Gasteiger partial charge in [-0.25, -0.2) is 4.79 Å². The zero-order valence-corrected chi connectivity index (χ0v) is 17.5. The quantitative estimate of drug-likeness (QED) is 0.741. The number of hydrogen-bond acceptors (Lipinski definition) is 3. The predicted octanol–water partition coefficient (Wildman–Crippen LogP) is 3.91. The summed E-state index contributed by atoms with van der Waals surface area (Å²) in [6.45, 7) is 4.07. The van der Waals surface area contributed by atoms with Crippen LogP contribution in [0.25, 0.3) is 10.8 Å². The lowest BCUT2D eigenvalue weighted by Gasteiger charge is -2.26. The molecular formula is C24H27N3O3. The van der Waals surface area contributed by atoms with Crippen molar-refractivity contribution in [3.8, 4) is 0 Å². The molecule has 0 bridgehead atoms. The van der Waals surface area contributed by atoms with Crippen LogP contribution >= 0.6 is 0 Å². The summed E-state index contributed by atoms with van der Waals surface area (Å²) in [5.74, 6) is -0.607. The molecule has 0 aromatic heterocycles. The zero-order valence-electron chi connectivity index (χ0n) is 17.5. The lowest BCUT2D eigenvalue weighted by atomic mass is 9.88. The van der Waals surface area contributed by atoms with E-state index in [-0.39, 0.29) is 12.5 Å². The first-order chi connectivity index (χ1) is 14.5. The molecule has 30 heavy (non-hydrogen) atoms. The van der Waals surface area contributed by atoms with E-state index in [0.717, 1.165) is 52.6 Å². The highest BCUT2D eigenvalue weighted by Crippen LogP contribution is 2.34. The van der Waals surface area contributed by atoms with Gasteiger partial charge in [0.05, 0.1) is 0 Å². The van der Waals surface area contributed by atoms with Crippen molar-refractivity contribution in [3.05, 3.63) is 59.8 Å². The number of nitrogens with one attached hydrogen (secondary N) is 1. The van der Waals surface area contributed by atoms with Gasteiger partial charge in [-0.05, 0) is 48.9 Å². The van der Waals surface area contributed by atoms with Gasteiger partial charge in [0.25, 0.3) is 5.91 Å². The fourth-order valence-corrected chi connectivity index (χ4v) is 4.46. The van der Waals surface area contributed by atoms with Crippen molar-refractivity contribution in [1.82, 2.24) is 15.1 Å². The number of rotatable bonds is 6. The molecule has 0 radical (unpaired) electrons. The minimum absolute atomic E-state index is 0.212. The Kier molecular flexibility index (Phi) is 5.33. The van der Waals surface area contributed by atoms with Crippen LogP contribution in [0.2, 0.25) is 0 Å². The number of nitrogens with zero attached hydrogens (tertiary/aromatic N) is 2. The summed E-state index contributed by atoms with van der Waals surface area (Å²) in [5, 5.41) is 4.74. The van der Waals surface area contributed by atoms with Crippen molar-refractivity contribution >= 4 is 28.6 Å². The summed E-state index contributed by atoms with van der Waals surface area (Å²) in [4.78, 5) is 42.0. The molecule has 1 fully saturated rings. The zero-order chi connectivity index (χ0) is 21.3. The van der Waals surface area contributed by atoms with Gasteiger partial charge in [0.15, 0.2) is 0 Å². The minimum Gasteiger partial charge on any atom is -0.319 e. The number of imide groups is 1. The number of carbonyl (C=O) groups is 3. The maximum atomic E-state index is 13.4. The van der Waals surface area contributed by atoms with Crippen LogP contribution in [0.3, 0.4) is 0 Å². The molecule has 2 aliphatic rings. The van der Waals surface area contributed by atoms with Gasteiger partial charge in [0.1, 0.15) is 12.1 Å². The van der Waals surface area contributed by atoms with Gasteiger partial charge in [-0.1, -0.05) is 55.5 Å². The Bertz CT molecular complexity index is 1040. The molecule has 1 aliphatic carbocycles. The average Bonchev–Trinajstić information content (AvgIpc) is 3.35. The Labute approximate surface area is 176 Å². The predicted molar refractivity (Wildman–Crippen MR) is 115 cm³/mol. The summed E-state index contributed by atoms with van der Waals surface area (Å²) in [6.07, 6.45) is 5.76. The molecular weight excluding hydrogens is 378 g/mol. The van der Waals surface area contributed by atoms with E-state index in [1.165, 1.54) is 0 Å². The first-order valence-electron chi connectivity index (χ1n) is 10.6. The van der Waals surface area contributed by atoms with Crippen LogP contribution in [0.4, 0.5) is 4.79 Å². The Hall–Kier alpha value is -3.15. The van der Waals surface area contributed by atoms with Gasteiger partial charge in [-0.15, -0.1) is 0 Å². The molecule has 0 unspecified atom stereocenters. The Morgan fingerprint density at radius 3 is 2.67 bits per heavy atom. The van der Waals surface area contributed by atoms with E-state index in [0.29, 0.717) is 6.54 Å². The third kappa shape index (κ3) is 3.36. The molecule has 1 saturated heterocycles. The van der Waals surface area contributed by atoms with Gasteiger partial charge >= 0.3 is 6.03 Å². The Balaban J connectivity index is 1.61. The number of fused-ring (bicyclic) bond motifs is 1. The molecule has 4 amide bonds. The molecule has 1 aliphatic heterocycles. The van der Waals surface area contributed by atoms with Gasteiger partial charge in [0.2, 0.25) is 5.91 Å². The molecule has 0 spiro atoms. The second kappa shape index (κ2) is 7.94. The number of allylic oxidation sites excluding steroid dienone is 2. The van der Waals surface area contributed by atoms with Crippen molar-refractivity contribution in [3.63, 3.8) is 0 Å². The van der Waals surface area contributed by atoms with E-state index < -0.39 is 17.5 Å². The molecule has 2 aromatic carbocycles. The fourth-order valence-electron chi connectivity index (χ4n) is 4.46. The van der Waals surface area contributed by atoms with Gasteiger partial charge in [0, 0.05) is 12.2 Å². The van der Waals surface area contributed by atoms with E-state index in [2.05, 4.69) is 11.4 Å². The van der Waals surface area contributed by atoms with Crippen LogP contribution in [0.5, 0.6) is 0 Å². The molecule has 0 saturated carbocycles. The normalized spacial score (nSPS) is 21.1. The monoisotopic (exact) mass is 405 g/mol. The topological polar surface area (TPSA) is 69.7 Å². The summed E-state index contributed by atoms with van der Waals surface area (Å²) in [5.41, 5.74) is 0.531. The third-order valence-electron chi connectivity index (χ3n) is 6.01. The number of hydrogen-bond donors (Lipinski definition) is 1. The Morgan fingerprint density at radius 2 is 1.93 bits per heavy atom. The molecule has 156 valence electrons. The number of benzene rings is 2. The highest BCUT2D eigenvalue weighted by Gasteiger charge is 2.50. The van der Waals surface area contributed by atoms with E-state index >= 15 is 0 Å². The number of urea groups is 1. The van der Waals surface area contributed by atoms with Crippen molar-refractivity contribution in [2.24, 2.45) is 0 Å².